The largest absolute Gasteiger partial charge is 0.489 e. The molecule has 0 spiro atoms. The van der Waals surface area contributed by atoms with E-state index in [1.807, 2.05) is 18.2 Å². The minimum atomic E-state index is 0.168. The zero-order chi connectivity index (χ0) is 15.1. The van der Waals surface area contributed by atoms with Gasteiger partial charge in [0.05, 0.1) is 0 Å². The van der Waals surface area contributed by atoms with Crippen molar-refractivity contribution in [2.75, 3.05) is 6.54 Å². The average Bonchev–Trinajstić information content (AvgIpc) is 2.54. The summed E-state index contributed by atoms with van der Waals surface area (Å²) >= 11 is 0. The van der Waals surface area contributed by atoms with E-state index in [2.05, 4.69) is 62.5 Å². The third-order valence-electron chi connectivity index (χ3n) is 3.66. The van der Waals surface area contributed by atoms with Crippen LogP contribution in [0.4, 0.5) is 0 Å². The van der Waals surface area contributed by atoms with E-state index >= 15 is 0 Å². The van der Waals surface area contributed by atoms with Crippen LogP contribution in [0.3, 0.4) is 0 Å². The lowest BCUT2D eigenvalue weighted by Gasteiger charge is -2.18. The molecular weight excluding hydrogens is 258 g/mol. The Hall–Kier alpha value is -1.80. The van der Waals surface area contributed by atoms with E-state index in [4.69, 9.17) is 4.74 Å². The molecule has 0 aliphatic carbocycles. The van der Waals surface area contributed by atoms with Gasteiger partial charge in [0.15, 0.2) is 0 Å². The van der Waals surface area contributed by atoms with Gasteiger partial charge in [0.2, 0.25) is 0 Å². The first-order valence-corrected chi connectivity index (χ1v) is 7.74. The van der Waals surface area contributed by atoms with E-state index in [9.17, 15) is 0 Å². The maximum absolute atomic E-state index is 5.94. The average molecular weight is 283 g/mol. The van der Waals surface area contributed by atoms with E-state index in [0.29, 0.717) is 6.04 Å². The number of hydrogen-bond donors (Lipinski definition) is 1. The van der Waals surface area contributed by atoms with Gasteiger partial charge >= 0.3 is 0 Å². The van der Waals surface area contributed by atoms with Crippen LogP contribution in [-0.4, -0.2) is 18.7 Å². The summed E-state index contributed by atoms with van der Waals surface area (Å²) < 4.78 is 5.94. The second-order valence-electron chi connectivity index (χ2n) is 5.54. The van der Waals surface area contributed by atoms with E-state index in [1.54, 1.807) is 0 Å². The van der Waals surface area contributed by atoms with Gasteiger partial charge in [-0.3, -0.25) is 0 Å². The number of benzene rings is 2. The summed E-state index contributed by atoms with van der Waals surface area (Å²) in [7, 11) is 0. The van der Waals surface area contributed by atoms with Crippen LogP contribution < -0.4 is 10.1 Å². The fraction of sp³-hybridized carbons (Fsp3) is 0.368. The van der Waals surface area contributed by atoms with E-state index in [0.717, 1.165) is 18.7 Å². The van der Waals surface area contributed by atoms with Gasteiger partial charge in [-0.05, 0) is 43.5 Å². The normalized spacial score (nSPS) is 13.7. The number of hydrogen-bond acceptors (Lipinski definition) is 2. The van der Waals surface area contributed by atoms with Gasteiger partial charge in [0.25, 0.3) is 0 Å². The molecule has 0 saturated heterocycles. The van der Waals surface area contributed by atoms with Gasteiger partial charge < -0.3 is 10.1 Å². The Balaban J connectivity index is 1.90. The number of ether oxygens (including phenoxy) is 1. The first-order chi connectivity index (χ1) is 10.2. The molecule has 1 N–H and O–H groups in total. The molecule has 2 unspecified atom stereocenters. The van der Waals surface area contributed by atoms with Crippen LogP contribution in [0, 0.1) is 0 Å². The number of rotatable bonds is 7. The molecule has 2 aromatic carbocycles. The maximum Gasteiger partial charge on any atom is 0.119 e. The quantitative estimate of drug-likeness (QED) is 0.807. The standard InChI is InChI=1S/C19H25NO/c1-4-15(2)20-14-16(3)21-19-12-10-18(11-13-19)17-8-6-5-7-9-17/h5-13,15-16,20H,4,14H2,1-3H3. The number of nitrogens with one attached hydrogen (secondary N) is 1. The predicted octanol–water partition coefficient (Wildman–Crippen LogP) is 4.51. The summed E-state index contributed by atoms with van der Waals surface area (Å²) in [6, 6.07) is 19.2. The maximum atomic E-state index is 5.94. The summed E-state index contributed by atoms with van der Waals surface area (Å²) in [4.78, 5) is 0. The Morgan fingerprint density at radius 2 is 1.52 bits per heavy atom. The summed E-state index contributed by atoms with van der Waals surface area (Å²) in [6.45, 7) is 7.35. The van der Waals surface area contributed by atoms with Crippen molar-refractivity contribution in [3.8, 4) is 16.9 Å². The third kappa shape index (κ3) is 4.91. The van der Waals surface area contributed by atoms with E-state index in [1.165, 1.54) is 11.1 Å². The Kier molecular flexibility index (Phi) is 5.82. The molecule has 112 valence electrons. The van der Waals surface area contributed by atoms with Gasteiger partial charge in [-0.1, -0.05) is 49.4 Å². The summed E-state index contributed by atoms with van der Waals surface area (Å²) in [5.74, 6) is 0.924. The van der Waals surface area contributed by atoms with Crippen molar-refractivity contribution < 1.29 is 4.74 Å². The van der Waals surface area contributed by atoms with Crippen LogP contribution in [0.1, 0.15) is 27.2 Å². The molecule has 0 amide bonds. The van der Waals surface area contributed by atoms with Crippen molar-refractivity contribution >= 4 is 0 Å². The zero-order valence-electron chi connectivity index (χ0n) is 13.2. The molecule has 21 heavy (non-hydrogen) atoms. The fourth-order valence-electron chi connectivity index (χ4n) is 2.14. The molecule has 2 heteroatoms. The lowest BCUT2D eigenvalue weighted by molar-refractivity contribution is 0.212. The topological polar surface area (TPSA) is 21.3 Å². The molecule has 0 aromatic heterocycles. The summed E-state index contributed by atoms with van der Waals surface area (Å²) in [5.41, 5.74) is 2.45. The molecule has 0 saturated carbocycles. The van der Waals surface area contributed by atoms with Crippen molar-refractivity contribution in [2.24, 2.45) is 0 Å². The van der Waals surface area contributed by atoms with Gasteiger partial charge in [-0.25, -0.2) is 0 Å². The fourth-order valence-corrected chi connectivity index (χ4v) is 2.14. The van der Waals surface area contributed by atoms with E-state index < -0.39 is 0 Å². The van der Waals surface area contributed by atoms with E-state index in [-0.39, 0.29) is 6.10 Å². The van der Waals surface area contributed by atoms with Gasteiger partial charge in [0, 0.05) is 12.6 Å². The highest BCUT2D eigenvalue weighted by Gasteiger charge is 2.06. The molecule has 0 fully saturated rings. The zero-order valence-corrected chi connectivity index (χ0v) is 13.2. The molecular formula is C19H25NO. The van der Waals surface area contributed by atoms with Gasteiger partial charge in [0.1, 0.15) is 11.9 Å². The van der Waals surface area contributed by atoms with Crippen LogP contribution in [0.15, 0.2) is 54.6 Å². The Morgan fingerprint density at radius 1 is 0.905 bits per heavy atom. The molecule has 2 atom stereocenters. The minimum Gasteiger partial charge on any atom is -0.489 e. The highest BCUT2D eigenvalue weighted by Crippen LogP contribution is 2.22. The first-order valence-electron chi connectivity index (χ1n) is 7.74. The van der Waals surface area contributed by atoms with Crippen molar-refractivity contribution in [3.05, 3.63) is 54.6 Å². The van der Waals surface area contributed by atoms with Crippen LogP contribution in [0.2, 0.25) is 0 Å². The van der Waals surface area contributed by atoms with Crippen LogP contribution in [0.25, 0.3) is 11.1 Å². The molecule has 2 aromatic rings. The minimum absolute atomic E-state index is 0.168. The molecule has 0 aliphatic heterocycles. The predicted molar refractivity (Wildman–Crippen MR) is 89.7 cm³/mol. The van der Waals surface area contributed by atoms with Crippen molar-refractivity contribution in [1.82, 2.24) is 5.32 Å². The second-order valence-corrected chi connectivity index (χ2v) is 5.54. The van der Waals surface area contributed by atoms with Crippen molar-refractivity contribution in [2.45, 2.75) is 39.3 Å². The highest BCUT2D eigenvalue weighted by atomic mass is 16.5. The van der Waals surface area contributed by atoms with Crippen LogP contribution in [0.5, 0.6) is 5.75 Å². The van der Waals surface area contributed by atoms with Crippen molar-refractivity contribution in [1.29, 1.82) is 0 Å². The summed E-state index contributed by atoms with van der Waals surface area (Å²) in [6.07, 6.45) is 1.31. The molecule has 2 rings (SSSR count). The molecule has 0 radical (unpaired) electrons. The molecule has 2 nitrogen and oxygen atoms in total. The second kappa shape index (κ2) is 7.84. The Morgan fingerprint density at radius 3 is 2.14 bits per heavy atom. The summed E-state index contributed by atoms with van der Waals surface area (Å²) in [5, 5.41) is 3.46. The monoisotopic (exact) mass is 283 g/mol. The van der Waals surface area contributed by atoms with Gasteiger partial charge in [-0.15, -0.1) is 0 Å². The molecule has 0 heterocycles. The Bertz CT molecular complexity index is 521. The molecule has 0 bridgehead atoms. The lowest BCUT2D eigenvalue weighted by atomic mass is 10.1. The third-order valence-corrected chi connectivity index (χ3v) is 3.66. The SMILES string of the molecule is CCC(C)NCC(C)Oc1ccc(-c2ccccc2)cc1. The lowest BCUT2D eigenvalue weighted by Crippen LogP contribution is -2.34. The highest BCUT2D eigenvalue weighted by molar-refractivity contribution is 5.63. The van der Waals surface area contributed by atoms with Crippen LogP contribution >= 0.6 is 0 Å². The first kappa shape index (κ1) is 15.6. The van der Waals surface area contributed by atoms with Gasteiger partial charge in [-0.2, -0.15) is 0 Å². The smallest absolute Gasteiger partial charge is 0.119 e. The van der Waals surface area contributed by atoms with Crippen molar-refractivity contribution in [3.63, 3.8) is 0 Å². The Labute approximate surface area is 128 Å². The molecule has 0 aliphatic rings. The van der Waals surface area contributed by atoms with Crippen LogP contribution in [-0.2, 0) is 0 Å².